The molecule has 0 amide bonds. The van der Waals surface area contributed by atoms with E-state index in [1.165, 1.54) is 0 Å². The molecule has 0 aliphatic carbocycles. The summed E-state index contributed by atoms with van der Waals surface area (Å²) < 4.78 is 10.4. The molecular formula is C15H22O4. The summed E-state index contributed by atoms with van der Waals surface area (Å²) in [5.74, 6) is -1.29. The summed E-state index contributed by atoms with van der Waals surface area (Å²) in [5, 5.41) is 9.32. The third-order valence-corrected chi connectivity index (χ3v) is 3.05. The number of aryl methyl sites for hydroxylation is 1. The van der Waals surface area contributed by atoms with Crippen LogP contribution in [0.1, 0.15) is 29.9 Å². The van der Waals surface area contributed by atoms with Crippen LogP contribution in [0.15, 0.2) is 24.3 Å². The van der Waals surface area contributed by atoms with Crippen LogP contribution in [0.4, 0.5) is 0 Å². The summed E-state index contributed by atoms with van der Waals surface area (Å²) in [5.41, 5.74) is 1.88. The predicted octanol–water partition coefficient (Wildman–Crippen LogP) is 2.61. The quantitative estimate of drug-likeness (QED) is 0.698. The number of rotatable bonds is 9. The maximum atomic E-state index is 11.3. The van der Waals surface area contributed by atoms with Crippen molar-refractivity contribution in [1.82, 2.24) is 0 Å². The Hall–Kier alpha value is -1.39. The molecule has 1 atom stereocenters. The lowest BCUT2D eigenvalue weighted by Crippen LogP contribution is -2.15. The van der Waals surface area contributed by atoms with Gasteiger partial charge in [-0.1, -0.05) is 24.3 Å². The number of carboxylic acid groups (broad SMARTS) is 1. The molecule has 0 heterocycles. The number of benzene rings is 1. The average molecular weight is 266 g/mol. The lowest BCUT2D eigenvalue weighted by molar-refractivity contribution is -0.139. The maximum Gasteiger partial charge on any atom is 0.311 e. The Morgan fingerprint density at radius 2 is 2.00 bits per heavy atom. The summed E-state index contributed by atoms with van der Waals surface area (Å²) in [6, 6.07) is 7.60. The normalized spacial score (nSPS) is 12.3. The fourth-order valence-electron chi connectivity index (χ4n) is 2.00. The smallest absolute Gasteiger partial charge is 0.311 e. The monoisotopic (exact) mass is 266 g/mol. The highest BCUT2D eigenvalue weighted by Gasteiger charge is 2.20. The van der Waals surface area contributed by atoms with E-state index in [0.29, 0.717) is 26.2 Å². The van der Waals surface area contributed by atoms with E-state index in [1.807, 2.05) is 31.2 Å². The Bertz CT molecular complexity index is 389. The van der Waals surface area contributed by atoms with E-state index in [-0.39, 0.29) is 0 Å². The highest BCUT2D eigenvalue weighted by molar-refractivity contribution is 5.76. The summed E-state index contributed by atoms with van der Waals surface area (Å²) in [6.45, 7) is 3.66. The van der Waals surface area contributed by atoms with Gasteiger partial charge in [-0.15, -0.1) is 0 Å². The molecule has 0 radical (unpaired) electrons. The molecule has 0 aromatic heterocycles. The van der Waals surface area contributed by atoms with E-state index in [4.69, 9.17) is 9.47 Å². The van der Waals surface area contributed by atoms with Gasteiger partial charge in [-0.2, -0.15) is 0 Å². The van der Waals surface area contributed by atoms with Crippen LogP contribution in [-0.2, 0) is 14.3 Å². The SMILES string of the molecule is COCCCOCCC(C(=O)O)c1ccccc1C. The van der Waals surface area contributed by atoms with Crippen molar-refractivity contribution in [2.45, 2.75) is 25.7 Å². The second-order valence-electron chi connectivity index (χ2n) is 4.49. The van der Waals surface area contributed by atoms with Crippen molar-refractivity contribution in [2.75, 3.05) is 26.9 Å². The Morgan fingerprint density at radius 3 is 2.63 bits per heavy atom. The van der Waals surface area contributed by atoms with E-state index < -0.39 is 11.9 Å². The highest BCUT2D eigenvalue weighted by Crippen LogP contribution is 2.23. The molecule has 0 aliphatic heterocycles. The minimum Gasteiger partial charge on any atom is -0.481 e. The standard InChI is InChI=1S/C15H22O4/c1-12-6-3-4-7-13(12)14(15(16)17)8-11-19-10-5-9-18-2/h3-4,6-7,14H,5,8-11H2,1-2H3,(H,16,17). The van der Waals surface area contributed by atoms with Crippen molar-refractivity contribution < 1.29 is 19.4 Å². The third kappa shape index (κ3) is 5.41. The molecule has 4 heteroatoms. The fourth-order valence-corrected chi connectivity index (χ4v) is 2.00. The first-order valence-corrected chi connectivity index (χ1v) is 6.51. The zero-order valence-electron chi connectivity index (χ0n) is 11.6. The van der Waals surface area contributed by atoms with Gasteiger partial charge in [-0.05, 0) is 30.9 Å². The zero-order valence-corrected chi connectivity index (χ0v) is 11.6. The molecule has 19 heavy (non-hydrogen) atoms. The minimum absolute atomic E-state index is 0.453. The van der Waals surface area contributed by atoms with Gasteiger partial charge in [-0.3, -0.25) is 4.79 Å². The summed E-state index contributed by atoms with van der Waals surface area (Å²) in [7, 11) is 1.65. The van der Waals surface area contributed by atoms with Gasteiger partial charge in [0.2, 0.25) is 0 Å². The number of carboxylic acids is 1. The van der Waals surface area contributed by atoms with Crippen LogP contribution in [0.5, 0.6) is 0 Å². The van der Waals surface area contributed by atoms with Crippen LogP contribution in [-0.4, -0.2) is 38.0 Å². The maximum absolute atomic E-state index is 11.3. The van der Waals surface area contributed by atoms with Gasteiger partial charge in [0.15, 0.2) is 0 Å². The van der Waals surface area contributed by atoms with Crippen LogP contribution in [0, 0.1) is 6.92 Å². The predicted molar refractivity (Wildman–Crippen MR) is 73.5 cm³/mol. The van der Waals surface area contributed by atoms with Gasteiger partial charge in [0, 0.05) is 26.9 Å². The highest BCUT2D eigenvalue weighted by atomic mass is 16.5. The molecule has 0 bridgehead atoms. The van der Waals surface area contributed by atoms with E-state index in [9.17, 15) is 9.90 Å². The number of aliphatic carboxylic acids is 1. The molecule has 0 fully saturated rings. The Kier molecular flexibility index (Phi) is 7.15. The van der Waals surface area contributed by atoms with Gasteiger partial charge in [0.25, 0.3) is 0 Å². The lowest BCUT2D eigenvalue weighted by Gasteiger charge is -2.15. The second-order valence-corrected chi connectivity index (χ2v) is 4.49. The first-order valence-electron chi connectivity index (χ1n) is 6.51. The number of hydrogen-bond donors (Lipinski definition) is 1. The lowest BCUT2D eigenvalue weighted by atomic mass is 9.92. The van der Waals surface area contributed by atoms with Crippen LogP contribution in [0.2, 0.25) is 0 Å². The Labute approximate surface area is 114 Å². The molecular weight excluding hydrogens is 244 g/mol. The molecule has 1 N–H and O–H groups in total. The van der Waals surface area contributed by atoms with Gasteiger partial charge in [0.1, 0.15) is 0 Å². The van der Waals surface area contributed by atoms with E-state index >= 15 is 0 Å². The Morgan fingerprint density at radius 1 is 1.26 bits per heavy atom. The van der Waals surface area contributed by atoms with Gasteiger partial charge in [0.05, 0.1) is 5.92 Å². The molecule has 106 valence electrons. The number of hydrogen-bond acceptors (Lipinski definition) is 3. The molecule has 0 saturated heterocycles. The van der Waals surface area contributed by atoms with Crippen molar-refractivity contribution in [1.29, 1.82) is 0 Å². The number of ether oxygens (including phenoxy) is 2. The largest absolute Gasteiger partial charge is 0.481 e. The molecule has 0 spiro atoms. The van der Waals surface area contributed by atoms with Crippen molar-refractivity contribution in [3.63, 3.8) is 0 Å². The van der Waals surface area contributed by atoms with Crippen molar-refractivity contribution in [2.24, 2.45) is 0 Å². The Balaban J connectivity index is 2.46. The van der Waals surface area contributed by atoms with Crippen molar-refractivity contribution in [3.8, 4) is 0 Å². The fraction of sp³-hybridized carbons (Fsp3) is 0.533. The number of methoxy groups -OCH3 is 1. The van der Waals surface area contributed by atoms with E-state index in [0.717, 1.165) is 17.5 Å². The molecule has 1 unspecified atom stereocenters. The van der Waals surface area contributed by atoms with Crippen LogP contribution < -0.4 is 0 Å². The summed E-state index contributed by atoms with van der Waals surface area (Å²) in [6.07, 6.45) is 1.33. The van der Waals surface area contributed by atoms with Crippen LogP contribution in [0.3, 0.4) is 0 Å². The first kappa shape index (κ1) is 15.7. The van der Waals surface area contributed by atoms with Gasteiger partial charge >= 0.3 is 5.97 Å². The molecule has 1 aromatic carbocycles. The van der Waals surface area contributed by atoms with Crippen molar-refractivity contribution >= 4 is 5.97 Å². The second kappa shape index (κ2) is 8.67. The topological polar surface area (TPSA) is 55.8 Å². The summed E-state index contributed by atoms with van der Waals surface area (Å²) >= 11 is 0. The van der Waals surface area contributed by atoms with Gasteiger partial charge in [-0.25, -0.2) is 0 Å². The van der Waals surface area contributed by atoms with Crippen molar-refractivity contribution in [3.05, 3.63) is 35.4 Å². The van der Waals surface area contributed by atoms with Gasteiger partial charge < -0.3 is 14.6 Å². The van der Waals surface area contributed by atoms with Crippen LogP contribution in [0.25, 0.3) is 0 Å². The first-order chi connectivity index (χ1) is 9.16. The zero-order chi connectivity index (χ0) is 14.1. The van der Waals surface area contributed by atoms with E-state index in [2.05, 4.69) is 0 Å². The summed E-state index contributed by atoms with van der Waals surface area (Å²) in [4.78, 5) is 11.3. The third-order valence-electron chi connectivity index (χ3n) is 3.05. The molecule has 0 saturated carbocycles. The number of carbonyl (C=O) groups is 1. The minimum atomic E-state index is -0.796. The molecule has 0 aliphatic rings. The average Bonchev–Trinajstić information content (AvgIpc) is 2.39. The molecule has 1 rings (SSSR count). The molecule has 1 aromatic rings. The molecule has 4 nitrogen and oxygen atoms in total. The van der Waals surface area contributed by atoms with E-state index in [1.54, 1.807) is 7.11 Å². The van der Waals surface area contributed by atoms with Crippen LogP contribution >= 0.6 is 0 Å².